The molecular weight excluding hydrogens is 453 g/mol. The van der Waals surface area contributed by atoms with E-state index < -0.39 is 12.0 Å². The van der Waals surface area contributed by atoms with E-state index in [4.69, 9.17) is 4.74 Å². The van der Waals surface area contributed by atoms with Gasteiger partial charge >= 0.3 is 12.1 Å². The number of rotatable bonds is 11. The monoisotopic (exact) mass is 486 g/mol. The molecule has 1 aromatic heterocycles. The van der Waals surface area contributed by atoms with Gasteiger partial charge in [0.1, 0.15) is 0 Å². The molecule has 0 aliphatic rings. The Bertz CT molecular complexity index is 905. The predicted octanol–water partition coefficient (Wildman–Crippen LogP) is 6.48. The lowest BCUT2D eigenvalue weighted by Gasteiger charge is -2.31. The molecule has 2 rings (SSSR count). The Labute approximate surface area is 197 Å². The fraction of sp³-hybridized carbons (Fsp3) is 0.609. The van der Waals surface area contributed by atoms with Crippen molar-refractivity contribution in [2.24, 2.45) is 11.8 Å². The number of carbonyl (C=O) groups is 1. The van der Waals surface area contributed by atoms with E-state index in [9.17, 15) is 18.0 Å². The van der Waals surface area contributed by atoms with Crippen LogP contribution >= 0.6 is 11.5 Å². The summed E-state index contributed by atoms with van der Waals surface area (Å²) in [5.41, 5.74) is 2.42. The molecule has 1 N–H and O–H groups in total. The van der Waals surface area contributed by atoms with Gasteiger partial charge in [-0.1, -0.05) is 40.7 Å². The van der Waals surface area contributed by atoms with Gasteiger partial charge in [-0.25, -0.2) is 0 Å². The number of benzene rings is 1. The largest absolute Gasteiger partial charge is 0.469 e. The second-order valence-corrected chi connectivity index (χ2v) is 9.65. The molecule has 10 heteroatoms. The van der Waals surface area contributed by atoms with Gasteiger partial charge in [0.15, 0.2) is 0 Å². The highest BCUT2D eigenvalue weighted by atomic mass is 32.1. The molecule has 0 saturated heterocycles. The van der Waals surface area contributed by atoms with E-state index in [1.807, 2.05) is 25.1 Å². The second kappa shape index (κ2) is 11.7. The maximum atomic E-state index is 13.0. The summed E-state index contributed by atoms with van der Waals surface area (Å²) in [5.74, 6) is -0.766. The lowest BCUT2D eigenvalue weighted by Crippen LogP contribution is -2.31. The zero-order valence-corrected chi connectivity index (χ0v) is 20.8. The molecule has 0 saturated carbocycles. The number of nitrogens with one attached hydrogen (secondary N) is 1. The zero-order valence-electron chi connectivity index (χ0n) is 20.0. The summed E-state index contributed by atoms with van der Waals surface area (Å²) in [4.78, 5) is 17.7. The molecule has 33 heavy (non-hydrogen) atoms. The molecule has 6 nitrogen and oxygen atoms in total. The Hall–Kier alpha value is -2.36. The smallest absolute Gasteiger partial charge is 0.452 e. The Morgan fingerprint density at radius 2 is 1.82 bits per heavy atom. The van der Waals surface area contributed by atoms with Crippen molar-refractivity contribution < 1.29 is 22.7 Å². The van der Waals surface area contributed by atoms with Gasteiger partial charge in [0.25, 0.3) is 0 Å². The van der Waals surface area contributed by atoms with E-state index >= 15 is 0 Å². The first-order valence-electron chi connectivity index (χ1n) is 11.1. The molecule has 0 aliphatic heterocycles. The molecule has 0 amide bonds. The SMILES string of the molecule is CCC(CC(=O)OC)c1ccc(N(CC(C)C)CC(C)C)c(Nc2nc(C(F)(F)F)ns2)c1. The Morgan fingerprint density at radius 3 is 2.30 bits per heavy atom. The number of alkyl halides is 3. The first kappa shape index (κ1) is 26.9. The summed E-state index contributed by atoms with van der Waals surface area (Å²) in [5, 5.41) is 3.13. The highest BCUT2D eigenvalue weighted by molar-refractivity contribution is 7.09. The third-order valence-electron chi connectivity index (χ3n) is 5.06. The molecule has 2 aromatic rings. The summed E-state index contributed by atoms with van der Waals surface area (Å²) >= 11 is 0.669. The van der Waals surface area contributed by atoms with E-state index in [1.54, 1.807) is 0 Å². The van der Waals surface area contributed by atoms with Crippen molar-refractivity contribution in [1.82, 2.24) is 9.36 Å². The molecular formula is C23H33F3N4O2S. The van der Waals surface area contributed by atoms with Crippen molar-refractivity contribution in [2.75, 3.05) is 30.4 Å². The summed E-state index contributed by atoms with van der Waals surface area (Å²) in [7, 11) is 1.36. The highest BCUT2D eigenvalue weighted by Crippen LogP contribution is 2.36. The fourth-order valence-electron chi connectivity index (χ4n) is 3.62. The lowest BCUT2D eigenvalue weighted by atomic mass is 9.92. The van der Waals surface area contributed by atoms with E-state index in [-0.39, 0.29) is 23.4 Å². The molecule has 0 bridgehead atoms. The molecule has 1 atom stereocenters. The van der Waals surface area contributed by atoms with E-state index in [0.29, 0.717) is 35.5 Å². The van der Waals surface area contributed by atoms with Gasteiger partial charge in [-0.2, -0.15) is 22.5 Å². The summed E-state index contributed by atoms with van der Waals surface area (Å²) in [6.07, 6.45) is -3.66. The second-order valence-electron chi connectivity index (χ2n) is 8.90. The maximum absolute atomic E-state index is 13.0. The standard InChI is InChI=1S/C23H33F3N4O2S/c1-7-16(11-20(31)32-6)17-8-9-19(30(12-14(2)3)13-15(4)5)18(10-17)27-22-28-21(29-33-22)23(24,25)26/h8-10,14-16H,7,11-13H2,1-6H3,(H,27,28,29). The quantitative estimate of drug-likeness (QED) is 0.367. The van der Waals surface area contributed by atoms with Crippen molar-refractivity contribution in [3.63, 3.8) is 0 Å². The minimum Gasteiger partial charge on any atom is -0.469 e. The number of halogens is 3. The van der Waals surface area contributed by atoms with Gasteiger partial charge in [0, 0.05) is 24.6 Å². The van der Waals surface area contributed by atoms with Crippen LogP contribution in [0.3, 0.4) is 0 Å². The van der Waals surface area contributed by atoms with E-state index in [0.717, 1.165) is 24.3 Å². The van der Waals surface area contributed by atoms with Crippen molar-refractivity contribution in [1.29, 1.82) is 0 Å². The van der Waals surface area contributed by atoms with Gasteiger partial charge in [-0.15, -0.1) is 0 Å². The molecule has 0 aliphatic carbocycles. The molecule has 1 unspecified atom stereocenters. The Balaban J connectivity index is 2.51. The number of anilines is 3. The average molecular weight is 487 g/mol. The number of nitrogens with zero attached hydrogens (tertiary/aromatic N) is 3. The van der Waals surface area contributed by atoms with Crippen LogP contribution in [0.25, 0.3) is 0 Å². The minimum atomic E-state index is -4.60. The molecule has 0 spiro atoms. The summed E-state index contributed by atoms with van der Waals surface area (Å²) in [6.45, 7) is 12.1. The Kier molecular flexibility index (Phi) is 9.51. The summed E-state index contributed by atoms with van der Waals surface area (Å²) in [6, 6.07) is 5.84. The summed E-state index contributed by atoms with van der Waals surface area (Å²) < 4.78 is 47.3. The van der Waals surface area contributed by atoms with Crippen LogP contribution in [0.15, 0.2) is 18.2 Å². The predicted molar refractivity (Wildman–Crippen MR) is 126 cm³/mol. The van der Waals surface area contributed by atoms with Gasteiger partial charge in [0.2, 0.25) is 11.0 Å². The molecule has 184 valence electrons. The molecule has 0 fully saturated rings. The van der Waals surface area contributed by atoms with Crippen LogP contribution in [0.5, 0.6) is 0 Å². The zero-order chi connectivity index (χ0) is 24.8. The third kappa shape index (κ3) is 7.87. The van der Waals surface area contributed by atoms with Crippen LogP contribution in [-0.4, -0.2) is 35.5 Å². The molecule has 1 aromatic carbocycles. The molecule has 1 heterocycles. The van der Waals surface area contributed by atoms with Gasteiger partial charge in [-0.3, -0.25) is 4.79 Å². The topological polar surface area (TPSA) is 67.3 Å². The average Bonchev–Trinajstić information content (AvgIpc) is 3.19. The van der Waals surface area contributed by atoms with Crippen molar-refractivity contribution in [3.05, 3.63) is 29.6 Å². The van der Waals surface area contributed by atoms with Crippen molar-refractivity contribution in [2.45, 2.75) is 59.6 Å². The highest BCUT2D eigenvalue weighted by Gasteiger charge is 2.36. The number of methoxy groups -OCH3 is 1. The van der Waals surface area contributed by atoms with Crippen molar-refractivity contribution in [3.8, 4) is 0 Å². The number of esters is 1. The number of hydrogen-bond donors (Lipinski definition) is 1. The first-order valence-corrected chi connectivity index (χ1v) is 11.9. The van der Waals surface area contributed by atoms with Gasteiger partial charge in [0.05, 0.1) is 24.9 Å². The number of hydrogen-bond acceptors (Lipinski definition) is 7. The van der Waals surface area contributed by atoms with Crippen LogP contribution in [0, 0.1) is 11.8 Å². The third-order valence-corrected chi connectivity index (χ3v) is 5.69. The van der Waals surface area contributed by atoms with Crippen LogP contribution in [-0.2, 0) is 15.7 Å². The van der Waals surface area contributed by atoms with Crippen molar-refractivity contribution >= 4 is 34.0 Å². The maximum Gasteiger partial charge on any atom is 0.452 e. The van der Waals surface area contributed by atoms with E-state index in [2.05, 4.69) is 47.3 Å². The lowest BCUT2D eigenvalue weighted by molar-refractivity contribution is -0.144. The number of carbonyl (C=O) groups excluding carboxylic acids is 1. The normalized spacial score (nSPS) is 12.8. The fourth-order valence-corrected chi connectivity index (χ4v) is 4.22. The molecule has 0 radical (unpaired) electrons. The van der Waals surface area contributed by atoms with Crippen LogP contribution in [0.4, 0.5) is 29.7 Å². The Morgan fingerprint density at radius 1 is 1.18 bits per heavy atom. The van der Waals surface area contributed by atoms with Crippen LogP contribution < -0.4 is 10.2 Å². The number of ether oxygens (including phenoxy) is 1. The first-order chi connectivity index (χ1) is 15.4. The number of aromatic nitrogens is 2. The van der Waals surface area contributed by atoms with Gasteiger partial charge < -0.3 is 15.0 Å². The van der Waals surface area contributed by atoms with E-state index in [1.165, 1.54) is 7.11 Å². The van der Waals surface area contributed by atoms with Gasteiger partial charge in [-0.05, 0) is 41.9 Å². The van der Waals surface area contributed by atoms with Crippen LogP contribution in [0.1, 0.15) is 64.8 Å². The van der Waals surface area contributed by atoms with Crippen LogP contribution in [0.2, 0.25) is 0 Å². The minimum absolute atomic E-state index is 0.0655.